The second-order valence-corrected chi connectivity index (χ2v) is 5.14. The molecule has 20 heavy (non-hydrogen) atoms. The molecule has 4 nitrogen and oxygen atoms in total. The van der Waals surface area contributed by atoms with E-state index in [9.17, 15) is 0 Å². The van der Waals surface area contributed by atoms with E-state index in [2.05, 4.69) is 43.0 Å². The fraction of sp³-hybridized carbons (Fsp3) is 0.250. The molecule has 4 heteroatoms. The van der Waals surface area contributed by atoms with Gasteiger partial charge >= 0.3 is 0 Å². The number of fused-ring (bicyclic) bond motifs is 1. The molecular formula is C16H18N4. The first kappa shape index (κ1) is 12.8. The maximum Gasteiger partial charge on any atom is 0.153 e. The van der Waals surface area contributed by atoms with E-state index >= 15 is 0 Å². The van der Waals surface area contributed by atoms with Gasteiger partial charge in [-0.15, -0.1) is 0 Å². The molecule has 0 bridgehead atoms. The van der Waals surface area contributed by atoms with Crippen molar-refractivity contribution in [3.63, 3.8) is 0 Å². The van der Waals surface area contributed by atoms with Gasteiger partial charge in [-0.1, -0.05) is 12.1 Å². The van der Waals surface area contributed by atoms with Crippen molar-refractivity contribution in [2.75, 3.05) is 0 Å². The van der Waals surface area contributed by atoms with Crippen LogP contribution in [0.25, 0.3) is 16.9 Å². The molecule has 2 aromatic heterocycles. The molecule has 0 aliphatic heterocycles. The van der Waals surface area contributed by atoms with Crippen LogP contribution in [0.2, 0.25) is 0 Å². The molecule has 2 N–H and O–H groups in total. The quantitative estimate of drug-likeness (QED) is 0.776. The first-order valence-electron chi connectivity index (χ1n) is 6.72. The molecule has 0 saturated carbocycles. The van der Waals surface area contributed by atoms with Crippen LogP contribution in [0.15, 0.2) is 30.5 Å². The van der Waals surface area contributed by atoms with Gasteiger partial charge in [0.15, 0.2) is 5.65 Å². The first-order valence-corrected chi connectivity index (χ1v) is 6.72. The fourth-order valence-corrected chi connectivity index (χ4v) is 2.41. The number of aromatic nitrogens is 3. The van der Waals surface area contributed by atoms with E-state index < -0.39 is 0 Å². The average molecular weight is 266 g/mol. The van der Waals surface area contributed by atoms with Crippen LogP contribution < -0.4 is 5.73 Å². The second kappa shape index (κ2) is 4.72. The number of imidazole rings is 1. The Kier molecular flexibility index (Phi) is 3.03. The number of nitrogens with two attached hydrogens (primary N) is 1. The van der Waals surface area contributed by atoms with Gasteiger partial charge in [-0.3, -0.25) is 0 Å². The van der Waals surface area contributed by atoms with E-state index in [1.54, 1.807) is 4.52 Å². The molecular weight excluding hydrogens is 248 g/mol. The lowest BCUT2D eigenvalue weighted by Gasteiger charge is -2.10. The molecule has 0 saturated heterocycles. The van der Waals surface area contributed by atoms with Crippen molar-refractivity contribution in [1.29, 1.82) is 0 Å². The second-order valence-electron chi connectivity index (χ2n) is 5.14. The van der Waals surface area contributed by atoms with Crippen molar-refractivity contribution in [2.24, 2.45) is 5.73 Å². The smallest absolute Gasteiger partial charge is 0.153 e. The highest BCUT2D eigenvalue weighted by molar-refractivity contribution is 5.66. The topological polar surface area (TPSA) is 56.2 Å². The van der Waals surface area contributed by atoms with Gasteiger partial charge in [0.1, 0.15) is 0 Å². The predicted octanol–water partition coefficient (Wildman–Crippen LogP) is 2.78. The van der Waals surface area contributed by atoms with Crippen molar-refractivity contribution in [3.8, 4) is 11.3 Å². The summed E-state index contributed by atoms with van der Waals surface area (Å²) < 4.78 is 1.80. The van der Waals surface area contributed by atoms with Crippen molar-refractivity contribution in [1.82, 2.24) is 14.6 Å². The van der Waals surface area contributed by atoms with E-state index in [0.29, 0.717) is 6.54 Å². The lowest BCUT2D eigenvalue weighted by molar-refractivity contribution is 0.933. The number of benzene rings is 1. The third-order valence-electron chi connectivity index (χ3n) is 3.91. The van der Waals surface area contributed by atoms with Crippen LogP contribution >= 0.6 is 0 Å². The molecule has 0 amide bonds. The summed E-state index contributed by atoms with van der Waals surface area (Å²) in [6.07, 6.45) is 1.88. The molecule has 3 aromatic rings. The zero-order valence-electron chi connectivity index (χ0n) is 12.0. The van der Waals surface area contributed by atoms with Crippen LogP contribution in [0, 0.1) is 20.8 Å². The summed E-state index contributed by atoms with van der Waals surface area (Å²) in [5.74, 6) is 0. The first-order chi connectivity index (χ1) is 9.60. The molecule has 0 radical (unpaired) electrons. The largest absolute Gasteiger partial charge is 0.325 e. The Hall–Kier alpha value is -2.20. The molecule has 2 heterocycles. The third kappa shape index (κ3) is 1.98. The minimum absolute atomic E-state index is 0.432. The van der Waals surface area contributed by atoms with Gasteiger partial charge < -0.3 is 5.73 Å². The molecule has 102 valence electrons. The van der Waals surface area contributed by atoms with Crippen LogP contribution in [0.4, 0.5) is 0 Å². The Bertz CT molecular complexity index is 787. The highest BCUT2D eigenvalue weighted by atomic mass is 15.2. The summed E-state index contributed by atoms with van der Waals surface area (Å²) in [7, 11) is 0. The van der Waals surface area contributed by atoms with Crippen LogP contribution in [-0.2, 0) is 6.54 Å². The maximum absolute atomic E-state index is 5.62. The SMILES string of the molecule is Cc1ccc(-c2ccc3nc(CN)cn3n2)c(C)c1C. The van der Waals surface area contributed by atoms with Crippen LogP contribution in [-0.4, -0.2) is 14.6 Å². The minimum atomic E-state index is 0.432. The summed E-state index contributed by atoms with van der Waals surface area (Å²) in [6, 6.07) is 8.27. The lowest BCUT2D eigenvalue weighted by Crippen LogP contribution is -1.97. The Morgan fingerprint density at radius 2 is 1.85 bits per heavy atom. The van der Waals surface area contributed by atoms with Crippen molar-refractivity contribution >= 4 is 5.65 Å². The van der Waals surface area contributed by atoms with E-state index in [1.807, 2.05) is 18.3 Å². The van der Waals surface area contributed by atoms with E-state index in [1.165, 1.54) is 16.7 Å². The van der Waals surface area contributed by atoms with E-state index in [0.717, 1.165) is 22.6 Å². The van der Waals surface area contributed by atoms with Gasteiger partial charge in [-0.2, -0.15) is 5.10 Å². The summed E-state index contributed by atoms with van der Waals surface area (Å²) in [5.41, 5.74) is 13.3. The maximum atomic E-state index is 5.62. The number of aryl methyl sites for hydroxylation is 1. The zero-order chi connectivity index (χ0) is 14.3. The van der Waals surface area contributed by atoms with Crippen LogP contribution in [0.5, 0.6) is 0 Å². The lowest BCUT2D eigenvalue weighted by atomic mass is 9.97. The average Bonchev–Trinajstić information content (AvgIpc) is 2.87. The molecule has 0 atom stereocenters. The molecule has 0 unspecified atom stereocenters. The molecule has 0 fully saturated rings. The molecule has 3 rings (SSSR count). The van der Waals surface area contributed by atoms with Crippen molar-refractivity contribution in [3.05, 3.63) is 52.8 Å². The van der Waals surface area contributed by atoms with Crippen molar-refractivity contribution < 1.29 is 0 Å². The normalized spacial score (nSPS) is 11.2. The van der Waals surface area contributed by atoms with Crippen LogP contribution in [0.1, 0.15) is 22.4 Å². The summed E-state index contributed by atoms with van der Waals surface area (Å²) >= 11 is 0. The van der Waals surface area contributed by atoms with Gasteiger partial charge in [0.2, 0.25) is 0 Å². The Morgan fingerprint density at radius 3 is 2.60 bits per heavy atom. The molecule has 0 spiro atoms. The van der Waals surface area contributed by atoms with Gasteiger partial charge in [-0.05, 0) is 49.6 Å². The van der Waals surface area contributed by atoms with E-state index in [4.69, 9.17) is 5.73 Å². The molecule has 0 aliphatic carbocycles. The summed E-state index contributed by atoms with van der Waals surface area (Å²) in [5, 5.41) is 4.64. The van der Waals surface area contributed by atoms with Gasteiger partial charge in [-0.25, -0.2) is 9.50 Å². The van der Waals surface area contributed by atoms with E-state index in [-0.39, 0.29) is 0 Å². The van der Waals surface area contributed by atoms with Crippen molar-refractivity contribution in [2.45, 2.75) is 27.3 Å². The Morgan fingerprint density at radius 1 is 1.05 bits per heavy atom. The minimum Gasteiger partial charge on any atom is -0.325 e. The highest BCUT2D eigenvalue weighted by Crippen LogP contribution is 2.26. The zero-order valence-corrected chi connectivity index (χ0v) is 12.0. The van der Waals surface area contributed by atoms with Gasteiger partial charge in [0.05, 0.1) is 17.6 Å². The van der Waals surface area contributed by atoms with Gasteiger partial charge in [0, 0.05) is 12.1 Å². The van der Waals surface area contributed by atoms with Gasteiger partial charge in [0.25, 0.3) is 0 Å². The standard InChI is InChI=1S/C16H18N4/c1-10-4-5-14(12(3)11(10)2)15-6-7-16-18-13(8-17)9-20(16)19-15/h4-7,9H,8,17H2,1-3H3. The predicted molar refractivity (Wildman–Crippen MR) is 80.5 cm³/mol. The number of hydrogen-bond donors (Lipinski definition) is 1. The monoisotopic (exact) mass is 266 g/mol. The highest BCUT2D eigenvalue weighted by Gasteiger charge is 2.09. The Labute approximate surface area is 118 Å². The number of hydrogen-bond acceptors (Lipinski definition) is 3. The molecule has 1 aromatic carbocycles. The fourth-order valence-electron chi connectivity index (χ4n) is 2.41. The summed E-state index contributed by atoms with van der Waals surface area (Å²) in [4.78, 5) is 4.40. The van der Waals surface area contributed by atoms with Crippen LogP contribution in [0.3, 0.4) is 0 Å². The Balaban J connectivity index is 2.17. The summed E-state index contributed by atoms with van der Waals surface area (Å²) in [6.45, 7) is 6.85. The third-order valence-corrected chi connectivity index (χ3v) is 3.91. The molecule has 0 aliphatic rings. The number of rotatable bonds is 2. The number of nitrogens with zero attached hydrogens (tertiary/aromatic N) is 3.